The molecule has 3 aromatic rings. The quantitative estimate of drug-likeness (QED) is 0.479. The highest BCUT2D eigenvalue weighted by molar-refractivity contribution is 5.44. The molecule has 1 saturated carbocycles. The Morgan fingerprint density at radius 3 is 2.13 bits per heavy atom. The van der Waals surface area contributed by atoms with Crippen molar-refractivity contribution in [2.45, 2.75) is 57.4 Å². The molecule has 0 saturated heterocycles. The maximum atomic E-state index is 4.35. The van der Waals surface area contributed by atoms with Gasteiger partial charge in [0.05, 0.1) is 5.69 Å². The van der Waals surface area contributed by atoms with Crippen LogP contribution in [0.15, 0.2) is 79.0 Å². The molecule has 1 fully saturated rings. The van der Waals surface area contributed by atoms with Crippen LogP contribution < -0.4 is 16.0 Å². The minimum Gasteiger partial charge on any atom is -0.381 e. The Bertz CT molecular complexity index is 865. The first-order valence-electron chi connectivity index (χ1n) is 11.1. The van der Waals surface area contributed by atoms with Crippen molar-refractivity contribution in [1.29, 1.82) is 0 Å². The first kappa shape index (κ1) is 20.6. The smallest absolute Gasteiger partial charge is 0.0541 e. The molecule has 4 rings (SSSR count). The van der Waals surface area contributed by atoms with Crippen LogP contribution in [0.25, 0.3) is 0 Å². The monoisotopic (exact) mass is 400 g/mol. The van der Waals surface area contributed by atoms with Crippen LogP contribution in [0.3, 0.4) is 0 Å². The fourth-order valence-electron chi connectivity index (χ4n) is 4.16. The number of pyridine rings is 1. The molecule has 1 aromatic heterocycles. The summed E-state index contributed by atoms with van der Waals surface area (Å²) in [6.45, 7) is 2.57. The van der Waals surface area contributed by atoms with E-state index in [2.05, 4.69) is 75.5 Å². The molecule has 0 radical (unpaired) electrons. The Hall–Kier alpha value is -2.69. The van der Waals surface area contributed by atoms with Gasteiger partial charge in [0.2, 0.25) is 0 Å². The number of nitrogens with one attached hydrogen (secondary N) is 3. The molecule has 2 aromatic carbocycles. The molecule has 30 heavy (non-hydrogen) atoms. The Morgan fingerprint density at radius 1 is 0.700 bits per heavy atom. The Kier molecular flexibility index (Phi) is 7.48. The van der Waals surface area contributed by atoms with Crippen molar-refractivity contribution < 1.29 is 0 Å². The molecule has 0 spiro atoms. The molecule has 3 N–H and O–H groups in total. The number of benzene rings is 2. The second kappa shape index (κ2) is 10.9. The third-order valence-corrected chi connectivity index (χ3v) is 5.84. The fourth-order valence-corrected chi connectivity index (χ4v) is 4.16. The predicted octanol–water partition coefficient (Wildman–Crippen LogP) is 4.88. The normalized spacial score (nSPS) is 18.8. The zero-order valence-corrected chi connectivity index (χ0v) is 17.6. The van der Waals surface area contributed by atoms with Gasteiger partial charge in [-0.25, -0.2) is 0 Å². The van der Waals surface area contributed by atoms with Gasteiger partial charge in [-0.05, 0) is 48.2 Å². The van der Waals surface area contributed by atoms with Crippen LogP contribution >= 0.6 is 0 Å². The van der Waals surface area contributed by atoms with E-state index in [0.717, 1.165) is 25.3 Å². The minimum atomic E-state index is 0.496. The van der Waals surface area contributed by atoms with Crippen LogP contribution in [-0.2, 0) is 19.6 Å². The van der Waals surface area contributed by atoms with Crippen LogP contribution in [0.2, 0.25) is 0 Å². The lowest BCUT2D eigenvalue weighted by molar-refractivity contribution is 0.342. The second-order valence-electron chi connectivity index (χ2n) is 8.13. The molecule has 1 aliphatic rings. The van der Waals surface area contributed by atoms with Gasteiger partial charge in [-0.15, -0.1) is 0 Å². The van der Waals surface area contributed by atoms with Crippen molar-refractivity contribution in [2.24, 2.45) is 0 Å². The van der Waals surface area contributed by atoms with E-state index in [1.54, 1.807) is 0 Å². The summed E-state index contributed by atoms with van der Waals surface area (Å²) in [6, 6.07) is 26.6. The highest BCUT2D eigenvalue weighted by Crippen LogP contribution is 2.22. The summed E-state index contributed by atoms with van der Waals surface area (Å²) in [7, 11) is 0. The Morgan fingerprint density at radius 2 is 1.40 bits per heavy atom. The lowest BCUT2D eigenvalue weighted by Gasteiger charge is -2.33. The average molecular weight is 401 g/mol. The van der Waals surface area contributed by atoms with Gasteiger partial charge in [-0.2, -0.15) is 0 Å². The maximum Gasteiger partial charge on any atom is 0.0541 e. The number of nitrogens with zero attached hydrogens (tertiary/aromatic N) is 1. The topological polar surface area (TPSA) is 49.0 Å². The van der Waals surface area contributed by atoms with E-state index in [1.807, 2.05) is 24.4 Å². The highest BCUT2D eigenvalue weighted by atomic mass is 15.0. The zero-order valence-electron chi connectivity index (χ0n) is 17.6. The van der Waals surface area contributed by atoms with E-state index in [9.17, 15) is 0 Å². The van der Waals surface area contributed by atoms with E-state index < -0.39 is 0 Å². The molecule has 156 valence electrons. The van der Waals surface area contributed by atoms with Crippen molar-refractivity contribution in [3.05, 3.63) is 95.8 Å². The van der Waals surface area contributed by atoms with E-state index in [4.69, 9.17) is 0 Å². The van der Waals surface area contributed by atoms with Crippen LogP contribution in [0.5, 0.6) is 0 Å². The maximum absolute atomic E-state index is 4.35. The lowest BCUT2D eigenvalue weighted by Crippen LogP contribution is -2.45. The van der Waals surface area contributed by atoms with Crippen LogP contribution in [0, 0.1) is 0 Å². The molecule has 4 heteroatoms. The zero-order chi connectivity index (χ0) is 20.4. The summed E-state index contributed by atoms with van der Waals surface area (Å²) >= 11 is 0. The summed E-state index contributed by atoms with van der Waals surface area (Å²) in [4.78, 5) is 4.35. The molecule has 4 nitrogen and oxygen atoms in total. The van der Waals surface area contributed by atoms with Crippen LogP contribution in [0.4, 0.5) is 5.69 Å². The van der Waals surface area contributed by atoms with Gasteiger partial charge >= 0.3 is 0 Å². The Labute approximate surface area is 180 Å². The van der Waals surface area contributed by atoms with Crippen molar-refractivity contribution in [2.75, 3.05) is 5.32 Å². The molecule has 0 aliphatic heterocycles. The number of rotatable bonds is 9. The minimum absolute atomic E-state index is 0.496. The first-order chi connectivity index (χ1) is 14.9. The van der Waals surface area contributed by atoms with Gasteiger partial charge in [0, 0.05) is 43.6 Å². The first-order valence-corrected chi connectivity index (χ1v) is 11.1. The molecule has 1 heterocycles. The van der Waals surface area contributed by atoms with Gasteiger partial charge in [-0.1, -0.05) is 61.4 Å². The van der Waals surface area contributed by atoms with Gasteiger partial charge in [-0.3, -0.25) is 4.98 Å². The van der Waals surface area contributed by atoms with Gasteiger partial charge in [0.15, 0.2) is 0 Å². The third kappa shape index (κ3) is 6.15. The van der Waals surface area contributed by atoms with E-state index >= 15 is 0 Å². The average Bonchev–Trinajstić information content (AvgIpc) is 2.81. The number of hydrogen-bond donors (Lipinski definition) is 3. The van der Waals surface area contributed by atoms with Gasteiger partial charge < -0.3 is 16.0 Å². The van der Waals surface area contributed by atoms with Crippen molar-refractivity contribution in [1.82, 2.24) is 15.6 Å². The number of para-hydroxylation sites is 1. The third-order valence-electron chi connectivity index (χ3n) is 5.84. The highest BCUT2D eigenvalue weighted by Gasteiger charge is 2.24. The number of aromatic nitrogens is 1. The summed E-state index contributed by atoms with van der Waals surface area (Å²) in [6.07, 6.45) is 6.92. The summed E-state index contributed by atoms with van der Waals surface area (Å²) in [5.41, 5.74) is 4.94. The largest absolute Gasteiger partial charge is 0.381 e. The number of hydrogen-bond acceptors (Lipinski definition) is 4. The SMILES string of the molecule is c1ccc(N[C@@H]2CCCC[C@@H]2NCc2ccc(CNCc3ccccn3)cc2)cc1. The van der Waals surface area contributed by atoms with E-state index in [0.29, 0.717) is 12.1 Å². The molecular weight excluding hydrogens is 368 g/mol. The molecule has 0 bridgehead atoms. The standard InChI is InChI=1S/C26H32N4/c1-2-8-23(9-3-1)30-26-12-5-4-11-25(26)29-19-22-15-13-21(14-16-22)18-27-20-24-10-6-7-17-28-24/h1-3,6-10,13-17,25-27,29-30H,4-5,11-12,18-20H2/t25-,26+/m0/s1. The van der Waals surface area contributed by atoms with Gasteiger partial charge in [0.25, 0.3) is 0 Å². The van der Waals surface area contributed by atoms with Crippen molar-refractivity contribution in [3.63, 3.8) is 0 Å². The predicted molar refractivity (Wildman–Crippen MR) is 124 cm³/mol. The molecule has 0 amide bonds. The van der Waals surface area contributed by atoms with Crippen molar-refractivity contribution in [3.8, 4) is 0 Å². The molecule has 0 unspecified atom stereocenters. The summed E-state index contributed by atoms with van der Waals surface area (Å²) in [5, 5.41) is 11.0. The summed E-state index contributed by atoms with van der Waals surface area (Å²) < 4.78 is 0. The van der Waals surface area contributed by atoms with Crippen LogP contribution in [-0.4, -0.2) is 17.1 Å². The second-order valence-corrected chi connectivity index (χ2v) is 8.13. The molecule has 1 aliphatic carbocycles. The fraction of sp³-hybridized carbons (Fsp3) is 0.346. The van der Waals surface area contributed by atoms with Crippen LogP contribution in [0.1, 0.15) is 42.5 Å². The summed E-state index contributed by atoms with van der Waals surface area (Å²) in [5.74, 6) is 0. The van der Waals surface area contributed by atoms with Gasteiger partial charge in [0.1, 0.15) is 0 Å². The van der Waals surface area contributed by atoms with E-state index in [1.165, 1.54) is 42.5 Å². The lowest BCUT2D eigenvalue weighted by atomic mass is 9.90. The van der Waals surface area contributed by atoms with E-state index in [-0.39, 0.29) is 0 Å². The Balaban J connectivity index is 1.24. The molecular formula is C26H32N4. The molecule has 2 atom stereocenters. The van der Waals surface area contributed by atoms with Crippen molar-refractivity contribution >= 4 is 5.69 Å². The number of anilines is 1.